The van der Waals surface area contributed by atoms with Crippen molar-refractivity contribution in [3.63, 3.8) is 0 Å². The smallest absolute Gasteiger partial charge is 0.336 e. The Bertz CT molecular complexity index is 876. The molecule has 0 radical (unpaired) electrons. The maximum Gasteiger partial charge on any atom is 0.336 e. The lowest BCUT2D eigenvalue weighted by atomic mass is 10.0. The summed E-state index contributed by atoms with van der Waals surface area (Å²) in [4.78, 5) is 38.0. The molecule has 1 saturated heterocycles. The minimum atomic E-state index is -1.14. The van der Waals surface area contributed by atoms with Crippen LogP contribution in [0, 0.1) is 0 Å². The molecule has 0 bridgehead atoms. The van der Waals surface area contributed by atoms with E-state index in [0.29, 0.717) is 36.5 Å². The molecule has 3 rings (SSSR count). The van der Waals surface area contributed by atoms with Crippen LogP contribution >= 0.6 is 11.6 Å². The Morgan fingerprint density at radius 3 is 2.30 bits per heavy atom. The molecule has 2 aromatic rings. The van der Waals surface area contributed by atoms with E-state index < -0.39 is 11.9 Å². The van der Waals surface area contributed by atoms with Crippen molar-refractivity contribution in [3.05, 3.63) is 70.2 Å². The Balaban J connectivity index is 1.59. The van der Waals surface area contributed by atoms with Gasteiger partial charge in [0.25, 0.3) is 11.8 Å². The van der Waals surface area contributed by atoms with Gasteiger partial charge < -0.3 is 15.3 Å². The van der Waals surface area contributed by atoms with Gasteiger partial charge in [-0.05, 0) is 43.2 Å². The van der Waals surface area contributed by atoms with Crippen LogP contribution in [0.1, 0.15) is 43.9 Å². The molecule has 1 fully saturated rings. The van der Waals surface area contributed by atoms with Gasteiger partial charge in [0.1, 0.15) is 0 Å². The van der Waals surface area contributed by atoms with E-state index in [1.54, 1.807) is 41.3 Å². The van der Waals surface area contributed by atoms with E-state index in [0.717, 1.165) is 0 Å². The number of benzene rings is 2. The average Bonchev–Trinajstić information content (AvgIpc) is 2.68. The fourth-order valence-electron chi connectivity index (χ4n) is 3.16. The number of aromatic carboxylic acids is 1. The number of carboxylic acid groups (broad SMARTS) is 1. The SMILES string of the molecule is O=C(O)c1ccccc1C(=O)NC1CCN(C(=O)c2cccc(Cl)c2)CC1. The zero-order valence-electron chi connectivity index (χ0n) is 14.5. The highest BCUT2D eigenvalue weighted by molar-refractivity contribution is 6.30. The first-order valence-corrected chi connectivity index (χ1v) is 9.01. The molecule has 0 aliphatic carbocycles. The first-order valence-electron chi connectivity index (χ1n) is 8.63. The van der Waals surface area contributed by atoms with Gasteiger partial charge in [-0.2, -0.15) is 0 Å². The number of carboxylic acids is 1. The van der Waals surface area contributed by atoms with Gasteiger partial charge in [0.2, 0.25) is 0 Å². The van der Waals surface area contributed by atoms with Crippen molar-refractivity contribution in [2.45, 2.75) is 18.9 Å². The highest BCUT2D eigenvalue weighted by Crippen LogP contribution is 2.18. The molecule has 2 aromatic carbocycles. The van der Waals surface area contributed by atoms with Crippen LogP contribution in [0.4, 0.5) is 0 Å². The number of likely N-dealkylation sites (tertiary alicyclic amines) is 1. The molecule has 0 unspecified atom stereocenters. The number of nitrogens with zero attached hydrogens (tertiary/aromatic N) is 1. The Morgan fingerprint density at radius 2 is 1.67 bits per heavy atom. The molecule has 7 heteroatoms. The summed E-state index contributed by atoms with van der Waals surface area (Å²) in [5, 5.41) is 12.6. The van der Waals surface area contributed by atoms with Crippen LogP contribution in [-0.2, 0) is 0 Å². The van der Waals surface area contributed by atoms with Gasteiger partial charge in [-0.1, -0.05) is 29.8 Å². The minimum absolute atomic E-state index is 0.0245. The van der Waals surface area contributed by atoms with E-state index in [9.17, 15) is 19.5 Å². The molecule has 1 aliphatic heterocycles. The number of amides is 2. The van der Waals surface area contributed by atoms with Crippen LogP contribution in [0.25, 0.3) is 0 Å². The van der Waals surface area contributed by atoms with E-state index in [4.69, 9.17) is 11.6 Å². The van der Waals surface area contributed by atoms with E-state index in [-0.39, 0.29) is 23.1 Å². The van der Waals surface area contributed by atoms with Gasteiger partial charge in [-0.3, -0.25) is 9.59 Å². The van der Waals surface area contributed by atoms with Crippen molar-refractivity contribution < 1.29 is 19.5 Å². The van der Waals surface area contributed by atoms with E-state index in [1.165, 1.54) is 12.1 Å². The number of halogens is 1. The summed E-state index contributed by atoms with van der Waals surface area (Å²) in [6.45, 7) is 1.02. The van der Waals surface area contributed by atoms with Crippen LogP contribution in [0.2, 0.25) is 5.02 Å². The van der Waals surface area contributed by atoms with Gasteiger partial charge >= 0.3 is 5.97 Å². The summed E-state index contributed by atoms with van der Waals surface area (Å²) >= 11 is 5.94. The Labute approximate surface area is 161 Å². The predicted octanol–water partition coefficient (Wildman–Crippen LogP) is 3.07. The lowest BCUT2D eigenvalue weighted by Gasteiger charge is -2.32. The van der Waals surface area contributed by atoms with Crippen molar-refractivity contribution in [2.24, 2.45) is 0 Å². The van der Waals surface area contributed by atoms with E-state index >= 15 is 0 Å². The summed E-state index contributed by atoms with van der Waals surface area (Å²) < 4.78 is 0. The minimum Gasteiger partial charge on any atom is -0.478 e. The number of rotatable bonds is 4. The van der Waals surface area contributed by atoms with Crippen molar-refractivity contribution in [1.29, 1.82) is 0 Å². The summed E-state index contributed by atoms with van der Waals surface area (Å²) in [7, 11) is 0. The highest BCUT2D eigenvalue weighted by Gasteiger charge is 2.26. The fraction of sp³-hybridized carbons (Fsp3) is 0.250. The van der Waals surface area contributed by atoms with Crippen LogP contribution in [-0.4, -0.2) is 46.9 Å². The van der Waals surface area contributed by atoms with Gasteiger partial charge in [0.05, 0.1) is 11.1 Å². The number of nitrogens with one attached hydrogen (secondary N) is 1. The number of carbonyl (C=O) groups excluding carboxylic acids is 2. The van der Waals surface area contributed by atoms with Crippen LogP contribution in [0.3, 0.4) is 0 Å². The molecule has 6 nitrogen and oxygen atoms in total. The molecule has 0 aromatic heterocycles. The van der Waals surface area contributed by atoms with Crippen molar-refractivity contribution in [3.8, 4) is 0 Å². The molecule has 2 amide bonds. The third-order valence-electron chi connectivity index (χ3n) is 4.59. The zero-order valence-corrected chi connectivity index (χ0v) is 15.3. The topological polar surface area (TPSA) is 86.7 Å². The highest BCUT2D eigenvalue weighted by atomic mass is 35.5. The Kier molecular flexibility index (Phi) is 5.76. The summed E-state index contributed by atoms with van der Waals surface area (Å²) in [6.07, 6.45) is 1.21. The van der Waals surface area contributed by atoms with Crippen molar-refractivity contribution >= 4 is 29.4 Å². The Morgan fingerprint density at radius 1 is 1.00 bits per heavy atom. The van der Waals surface area contributed by atoms with Gasteiger partial charge in [-0.15, -0.1) is 0 Å². The fourth-order valence-corrected chi connectivity index (χ4v) is 3.35. The molecule has 140 valence electrons. The standard InChI is InChI=1S/C20H19ClN2O4/c21-14-5-3-4-13(12-14)19(25)23-10-8-15(9-11-23)22-18(24)16-6-1-2-7-17(16)20(26)27/h1-7,12,15H,8-11H2,(H,22,24)(H,26,27). The van der Waals surface area contributed by atoms with E-state index in [2.05, 4.69) is 5.32 Å². The molecule has 2 N–H and O–H groups in total. The second-order valence-electron chi connectivity index (χ2n) is 6.40. The molecule has 1 aliphatic rings. The predicted molar refractivity (Wildman–Crippen MR) is 101 cm³/mol. The average molecular weight is 387 g/mol. The lowest BCUT2D eigenvalue weighted by Crippen LogP contribution is -2.46. The van der Waals surface area contributed by atoms with Crippen LogP contribution < -0.4 is 5.32 Å². The van der Waals surface area contributed by atoms with Crippen LogP contribution in [0.15, 0.2) is 48.5 Å². The summed E-state index contributed by atoms with van der Waals surface area (Å²) in [5.74, 6) is -1.63. The van der Waals surface area contributed by atoms with Gasteiger partial charge in [0.15, 0.2) is 0 Å². The molecule has 0 spiro atoms. The summed E-state index contributed by atoms with van der Waals surface area (Å²) in [6, 6.07) is 12.8. The van der Waals surface area contributed by atoms with Gasteiger partial charge in [-0.25, -0.2) is 4.79 Å². The molecule has 1 heterocycles. The molecule has 0 atom stereocenters. The molecular formula is C20H19ClN2O4. The van der Waals surface area contributed by atoms with Crippen molar-refractivity contribution in [1.82, 2.24) is 10.2 Å². The normalized spacial score (nSPS) is 14.6. The Hall–Kier alpha value is -2.86. The molecular weight excluding hydrogens is 368 g/mol. The first kappa shape index (κ1) is 18.9. The monoisotopic (exact) mass is 386 g/mol. The number of carbonyl (C=O) groups is 3. The number of piperidine rings is 1. The molecule has 0 saturated carbocycles. The number of hydrogen-bond acceptors (Lipinski definition) is 3. The molecule has 27 heavy (non-hydrogen) atoms. The summed E-state index contributed by atoms with van der Waals surface area (Å²) in [5.41, 5.74) is 0.659. The van der Waals surface area contributed by atoms with Gasteiger partial charge in [0, 0.05) is 29.7 Å². The van der Waals surface area contributed by atoms with E-state index in [1.807, 2.05) is 0 Å². The second kappa shape index (κ2) is 8.22. The van der Waals surface area contributed by atoms with Crippen LogP contribution in [0.5, 0.6) is 0 Å². The third-order valence-corrected chi connectivity index (χ3v) is 4.83. The number of hydrogen-bond donors (Lipinski definition) is 2. The lowest BCUT2D eigenvalue weighted by molar-refractivity contribution is 0.0675. The quantitative estimate of drug-likeness (QED) is 0.845. The zero-order chi connectivity index (χ0) is 19.4. The second-order valence-corrected chi connectivity index (χ2v) is 6.84. The van der Waals surface area contributed by atoms with Crippen molar-refractivity contribution in [2.75, 3.05) is 13.1 Å². The largest absolute Gasteiger partial charge is 0.478 e. The maximum absolute atomic E-state index is 12.5. The maximum atomic E-state index is 12.5. The third kappa shape index (κ3) is 4.46. The first-order chi connectivity index (χ1) is 13.0.